The highest BCUT2D eigenvalue weighted by Gasteiger charge is 2.18. The minimum atomic E-state index is -0.279. The molecule has 3 rings (SSSR count). The van der Waals surface area contributed by atoms with Crippen LogP contribution in [0.15, 0.2) is 48.7 Å². The van der Waals surface area contributed by atoms with E-state index in [0.29, 0.717) is 17.1 Å². The molecule has 0 saturated carbocycles. The highest BCUT2D eigenvalue weighted by atomic mass is 16.5. The van der Waals surface area contributed by atoms with Crippen LogP contribution in [0.2, 0.25) is 0 Å². The van der Waals surface area contributed by atoms with E-state index in [2.05, 4.69) is 15.4 Å². The third kappa shape index (κ3) is 2.86. The van der Waals surface area contributed by atoms with Gasteiger partial charge in [-0.3, -0.25) is 4.79 Å². The van der Waals surface area contributed by atoms with Crippen molar-refractivity contribution in [3.05, 3.63) is 65.6 Å². The monoisotopic (exact) mass is 322 g/mol. The van der Waals surface area contributed by atoms with Gasteiger partial charge in [0, 0.05) is 6.20 Å². The first-order valence-corrected chi connectivity index (χ1v) is 7.54. The molecule has 1 aromatic carbocycles. The normalized spacial score (nSPS) is 10.5. The number of para-hydroxylation sites is 1. The summed E-state index contributed by atoms with van der Waals surface area (Å²) in [6.45, 7) is 3.78. The van der Waals surface area contributed by atoms with Gasteiger partial charge in [-0.2, -0.15) is 5.10 Å². The molecular weight excluding hydrogens is 304 g/mol. The minimum absolute atomic E-state index is 0.279. The molecule has 2 heterocycles. The molecule has 6 nitrogen and oxygen atoms in total. The molecule has 0 aliphatic heterocycles. The van der Waals surface area contributed by atoms with Crippen molar-refractivity contribution in [2.24, 2.45) is 0 Å². The third-order valence-corrected chi connectivity index (χ3v) is 3.74. The van der Waals surface area contributed by atoms with E-state index in [1.54, 1.807) is 18.3 Å². The maximum Gasteiger partial charge on any atom is 0.261 e. The molecule has 0 aliphatic rings. The lowest BCUT2D eigenvalue weighted by atomic mass is 10.2. The Bertz CT molecular complexity index is 872. The molecule has 6 heteroatoms. The zero-order valence-electron chi connectivity index (χ0n) is 13.8. The first-order valence-electron chi connectivity index (χ1n) is 7.54. The van der Waals surface area contributed by atoms with E-state index >= 15 is 0 Å². The number of aryl methyl sites for hydroxylation is 1. The number of rotatable bonds is 4. The molecule has 0 atom stereocenters. The number of carbonyl (C=O) groups is 1. The molecule has 24 heavy (non-hydrogen) atoms. The summed E-state index contributed by atoms with van der Waals surface area (Å²) in [7, 11) is 1.49. The molecule has 0 bridgehead atoms. The molecule has 0 aliphatic carbocycles. The second-order valence-electron chi connectivity index (χ2n) is 5.31. The van der Waals surface area contributed by atoms with Crippen molar-refractivity contribution >= 4 is 11.6 Å². The smallest absolute Gasteiger partial charge is 0.261 e. The van der Waals surface area contributed by atoms with Gasteiger partial charge in [0.05, 0.1) is 29.9 Å². The van der Waals surface area contributed by atoms with E-state index in [1.165, 1.54) is 7.11 Å². The average Bonchev–Trinajstić information content (AvgIpc) is 2.90. The summed E-state index contributed by atoms with van der Waals surface area (Å²) in [5.41, 5.74) is 3.61. The summed E-state index contributed by atoms with van der Waals surface area (Å²) < 4.78 is 6.96. The van der Waals surface area contributed by atoms with Gasteiger partial charge in [0.2, 0.25) is 5.88 Å². The Morgan fingerprint density at radius 3 is 2.58 bits per heavy atom. The summed E-state index contributed by atoms with van der Waals surface area (Å²) in [6, 6.07) is 13.2. The van der Waals surface area contributed by atoms with E-state index in [1.807, 2.05) is 48.9 Å². The van der Waals surface area contributed by atoms with E-state index in [4.69, 9.17) is 4.74 Å². The lowest BCUT2D eigenvalue weighted by Gasteiger charge is -2.09. The topological polar surface area (TPSA) is 69.0 Å². The van der Waals surface area contributed by atoms with Gasteiger partial charge in [-0.05, 0) is 38.1 Å². The summed E-state index contributed by atoms with van der Waals surface area (Å²) >= 11 is 0. The van der Waals surface area contributed by atoms with Gasteiger partial charge in [-0.15, -0.1) is 0 Å². The summed E-state index contributed by atoms with van der Waals surface area (Å²) in [6.07, 6.45) is 1.58. The molecule has 2 aromatic heterocycles. The van der Waals surface area contributed by atoms with Crippen molar-refractivity contribution in [2.75, 3.05) is 12.4 Å². The number of methoxy groups -OCH3 is 1. The fourth-order valence-corrected chi connectivity index (χ4v) is 2.55. The van der Waals surface area contributed by atoms with Gasteiger partial charge in [0.25, 0.3) is 5.91 Å². The minimum Gasteiger partial charge on any atom is -0.480 e. The van der Waals surface area contributed by atoms with Crippen LogP contribution in [-0.2, 0) is 0 Å². The number of anilines is 1. The Morgan fingerprint density at radius 2 is 1.88 bits per heavy atom. The van der Waals surface area contributed by atoms with Crippen LogP contribution in [0, 0.1) is 13.8 Å². The number of ether oxygens (including phenoxy) is 1. The lowest BCUT2D eigenvalue weighted by Crippen LogP contribution is -2.15. The Hall–Kier alpha value is -3.15. The summed E-state index contributed by atoms with van der Waals surface area (Å²) in [5.74, 6) is 0.0134. The van der Waals surface area contributed by atoms with Crippen LogP contribution in [0.3, 0.4) is 0 Å². The number of aromatic nitrogens is 3. The molecule has 0 fully saturated rings. The van der Waals surface area contributed by atoms with Crippen molar-refractivity contribution in [2.45, 2.75) is 13.8 Å². The fourth-order valence-electron chi connectivity index (χ4n) is 2.55. The van der Waals surface area contributed by atoms with Crippen molar-refractivity contribution in [1.29, 1.82) is 0 Å². The van der Waals surface area contributed by atoms with Gasteiger partial charge in [-0.1, -0.05) is 18.2 Å². The van der Waals surface area contributed by atoms with E-state index in [9.17, 15) is 4.79 Å². The number of pyridine rings is 1. The number of nitrogens with one attached hydrogen (secondary N) is 1. The fraction of sp³-hybridized carbons (Fsp3) is 0.167. The summed E-state index contributed by atoms with van der Waals surface area (Å²) in [5, 5.41) is 7.44. The molecule has 122 valence electrons. The van der Waals surface area contributed by atoms with Crippen molar-refractivity contribution in [1.82, 2.24) is 14.8 Å². The number of carbonyl (C=O) groups excluding carboxylic acids is 1. The largest absolute Gasteiger partial charge is 0.480 e. The maximum absolute atomic E-state index is 12.6. The number of hydrogen-bond donors (Lipinski definition) is 1. The Balaban J connectivity index is 1.94. The van der Waals surface area contributed by atoms with Crippen molar-refractivity contribution in [3.8, 4) is 11.6 Å². The standard InChI is InChI=1S/C18H18N4O2/c1-12-16(13(2)22(21-12)14-8-5-4-6-9-14)20-17(23)15-10-7-11-19-18(15)24-3/h4-11H,1-3H3,(H,20,23). The van der Waals surface area contributed by atoms with Crippen LogP contribution in [0.1, 0.15) is 21.7 Å². The molecule has 0 radical (unpaired) electrons. The van der Waals surface area contributed by atoms with Gasteiger partial charge >= 0.3 is 0 Å². The number of nitrogens with zero attached hydrogens (tertiary/aromatic N) is 3. The first kappa shape index (κ1) is 15.7. The van der Waals surface area contributed by atoms with Gasteiger partial charge in [0.15, 0.2) is 0 Å². The van der Waals surface area contributed by atoms with Crippen LogP contribution in [-0.4, -0.2) is 27.8 Å². The predicted octanol–water partition coefficient (Wildman–Crippen LogP) is 3.15. The van der Waals surface area contributed by atoms with Gasteiger partial charge < -0.3 is 10.1 Å². The highest BCUT2D eigenvalue weighted by molar-refractivity contribution is 6.06. The number of amides is 1. The predicted molar refractivity (Wildman–Crippen MR) is 91.8 cm³/mol. The van der Waals surface area contributed by atoms with Crippen LogP contribution in [0.5, 0.6) is 5.88 Å². The molecule has 0 spiro atoms. The lowest BCUT2D eigenvalue weighted by molar-refractivity contribution is 0.102. The maximum atomic E-state index is 12.6. The quantitative estimate of drug-likeness (QED) is 0.801. The molecule has 1 amide bonds. The van der Waals surface area contributed by atoms with E-state index < -0.39 is 0 Å². The number of benzene rings is 1. The molecular formula is C18H18N4O2. The Morgan fingerprint density at radius 1 is 1.12 bits per heavy atom. The van der Waals surface area contributed by atoms with Crippen LogP contribution in [0.4, 0.5) is 5.69 Å². The first-order chi connectivity index (χ1) is 11.6. The van der Waals surface area contributed by atoms with Crippen LogP contribution >= 0.6 is 0 Å². The highest BCUT2D eigenvalue weighted by Crippen LogP contribution is 2.24. The van der Waals surface area contributed by atoms with Crippen molar-refractivity contribution < 1.29 is 9.53 Å². The van der Waals surface area contributed by atoms with Crippen molar-refractivity contribution in [3.63, 3.8) is 0 Å². The average molecular weight is 322 g/mol. The summed E-state index contributed by atoms with van der Waals surface area (Å²) in [4.78, 5) is 16.6. The Labute approximate surface area is 140 Å². The second kappa shape index (κ2) is 6.54. The second-order valence-corrected chi connectivity index (χ2v) is 5.31. The zero-order valence-corrected chi connectivity index (χ0v) is 13.8. The van der Waals surface area contributed by atoms with E-state index in [0.717, 1.165) is 17.1 Å². The van der Waals surface area contributed by atoms with Gasteiger partial charge in [0.1, 0.15) is 5.56 Å². The third-order valence-electron chi connectivity index (χ3n) is 3.74. The Kier molecular flexibility index (Phi) is 4.29. The molecule has 1 N–H and O–H groups in total. The molecule has 0 unspecified atom stereocenters. The SMILES string of the molecule is COc1ncccc1C(=O)Nc1c(C)nn(-c2ccccc2)c1C. The van der Waals surface area contributed by atoms with E-state index in [-0.39, 0.29) is 5.91 Å². The molecule has 0 saturated heterocycles. The van der Waals surface area contributed by atoms with Gasteiger partial charge in [-0.25, -0.2) is 9.67 Å². The molecule has 3 aromatic rings. The van der Waals surface area contributed by atoms with Crippen LogP contribution < -0.4 is 10.1 Å². The number of hydrogen-bond acceptors (Lipinski definition) is 4. The van der Waals surface area contributed by atoms with Crippen LogP contribution in [0.25, 0.3) is 5.69 Å². The zero-order chi connectivity index (χ0) is 17.1.